The number of carbonyl (C=O) groups excluding carboxylic acids is 1. The first kappa shape index (κ1) is 15.7. The van der Waals surface area contributed by atoms with Crippen LogP contribution in [-0.2, 0) is 4.74 Å². The molecule has 0 radical (unpaired) electrons. The topological polar surface area (TPSA) is 70.6 Å². The van der Waals surface area contributed by atoms with Crippen LogP contribution in [-0.4, -0.2) is 37.5 Å². The number of halogens is 1. The third-order valence-corrected chi connectivity index (χ3v) is 2.87. The molecule has 1 rings (SSSR count). The molecule has 104 valence electrons. The lowest BCUT2D eigenvalue weighted by Gasteiger charge is -2.05. The average molecular weight is 329 g/mol. The van der Waals surface area contributed by atoms with Crippen molar-refractivity contribution in [2.75, 3.05) is 26.4 Å². The molecule has 0 spiro atoms. The van der Waals surface area contributed by atoms with Crippen molar-refractivity contribution in [2.45, 2.75) is 0 Å². The molecular weight excluding hydrogens is 312 g/mol. The molecule has 19 heavy (non-hydrogen) atoms. The van der Waals surface area contributed by atoms with E-state index in [2.05, 4.69) is 26.6 Å². The van der Waals surface area contributed by atoms with Crippen molar-refractivity contribution in [1.82, 2.24) is 10.6 Å². The first-order chi connectivity index (χ1) is 9.24. The van der Waals surface area contributed by atoms with Gasteiger partial charge in [0, 0.05) is 17.2 Å². The van der Waals surface area contributed by atoms with Crippen molar-refractivity contribution in [3.63, 3.8) is 0 Å². The van der Waals surface area contributed by atoms with E-state index in [9.17, 15) is 4.79 Å². The fourth-order valence-electron chi connectivity index (χ4n) is 1.27. The van der Waals surface area contributed by atoms with Gasteiger partial charge in [-0.05, 0) is 17.7 Å². The van der Waals surface area contributed by atoms with Crippen LogP contribution in [0.3, 0.4) is 0 Å². The Morgan fingerprint density at radius 1 is 1.37 bits per heavy atom. The maximum atomic E-state index is 11.4. The summed E-state index contributed by atoms with van der Waals surface area (Å²) in [5.41, 5.74) is 0.981. The molecule has 0 atom stereocenters. The minimum Gasteiger partial charge on any atom is -0.394 e. The van der Waals surface area contributed by atoms with Gasteiger partial charge in [0.25, 0.3) is 0 Å². The number of aliphatic hydroxyl groups excluding tert-OH is 1. The first-order valence-electron chi connectivity index (χ1n) is 5.88. The van der Waals surface area contributed by atoms with Crippen LogP contribution in [0.4, 0.5) is 4.79 Å². The molecule has 0 fully saturated rings. The molecule has 0 aromatic heterocycles. The summed E-state index contributed by atoms with van der Waals surface area (Å²) in [4.78, 5) is 11.4. The van der Waals surface area contributed by atoms with Crippen molar-refractivity contribution in [3.05, 3.63) is 40.5 Å². The van der Waals surface area contributed by atoms with Gasteiger partial charge in [0.15, 0.2) is 0 Å². The van der Waals surface area contributed by atoms with Crippen molar-refractivity contribution < 1.29 is 14.6 Å². The average Bonchev–Trinajstić information content (AvgIpc) is 2.41. The molecule has 0 heterocycles. The molecule has 2 amide bonds. The van der Waals surface area contributed by atoms with E-state index in [0.29, 0.717) is 13.2 Å². The Hall–Kier alpha value is -1.37. The van der Waals surface area contributed by atoms with E-state index >= 15 is 0 Å². The smallest absolute Gasteiger partial charge is 0.318 e. The molecule has 0 saturated heterocycles. The molecule has 6 heteroatoms. The predicted molar refractivity (Wildman–Crippen MR) is 77.6 cm³/mol. The van der Waals surface area contributed by atoms with Gasteiger partial charge in [0.2, 0.25) is 0 Å². The summed E-state index contributed by atoms with van der Waals surface area (Å²) in [5, 5.41) is 13.7. The monoisotopic (exact) mass is 328 g/mol. The van der Waals surface area contributed by atoms with Crippen LogP contribution in [0.15, 0.2) is 34.9 Å². The standard InChI is InChI=1S/C13H17BrN2O3/c14-12-4-2-1-3-11(12)5-6-15-13(18)16-7-9-19-10-8-17/h1-6,17H,7-10H2,(H2,15,16,18)/b6-5+. The van der Waals surface area contributed by atoms with Crippen molar-refractivity contribution in [2.24, 2.45) is 0 Å². The van der Waals surface area contributed by atoms with E-state index < -0.39 is 0 Å². The van der Waals surface area contributed by atoms with E-state index in [-0.39, 0.29) is 19.2 Å². The van der Waals surface area contributed by atoms with E-state index in [4.69, 9.17) is 9.84 Å². The SMILES string of the molecule is O=C(N/C=C/c1ccccc1Br)NCCOCCO. The molecule has 0 bridgehead atoms. The van der Waals surface area contributed by atoms with Crippen LogP contribution in [0, 0.1) is 0 Å². The van der Waals surface area contributed by atoms with Gasteiger partial charge in [-0.3, -0.25) is 0 Å². The van der Waals surface area contributed by atoms with Crippen LogP contribution in [0.2, 0.25) is 0 Å². The molecule has 0 unspecified atom stereocenters. The lowest BCUT2D eigenvalue weighted by Crippen LogP contribution is -2.34. The minimum absolute atomic E-state index is 0.0130. The maximum Gasteiger partial charge on any atom is 0.318 e. The highest BCUT2D eigenvalue weighted by atomic mass is 79.9. The summed E-state index contributed by atoms with van der Waals surface area (Å²) in [5.74, 6) is 0. The third kappa shape index (κ3) is 6.95. The number of urea groups is 1. The van der Waals surface area contributed by atoms with Gasteiger partial charge < -0.3 is 20.5 Å². The number of benzene rings is 1. The van der Waals surface area contributed by atoms with Crippen molar-refractivity contribution in [1.29, 1.82) is 0 Å². The minimum atomic E-state index is -0.295. The highest BCUT2D eigenvalue weighted by Crippen LogP contribution is 2.16. The Morgan fingerprint density at radius 2 is 2.16 bits per heavy atom. The molecule has 3 N–H and O–H groups in total. The van der Waals surface area contributed by atoms with Gasteiger partial charge in [-0.2, -0.15) is 0 Å². The van der Waals surface area contributed by atoms with Crippen molar-refractivity contribution >= 4 is 28.0 Å². The lowest BCUT2D eigenvalue weighted by atomic mass is 10.2. The van der Waals surface area contributed by atoms with Crippen LogP contribution >= 0.6 is 15.9 Å². The number of hydrogen-bond donors (Lipinski definition) is 3. The maximum absolute atomic E-state index is 11.4. The number of ether oxygens (including phenoxy) is 1. The van der Waals surface area contributed by atoms with Gasteiger partial charge >= 0.3 is 6.03 Å². The third-order valence-electron chi connectivity index (χ3n) is 2.15. The zero-order valence-electron chi connectivity index (χ0n) is 10.4. The molecular formula is C13H17BrN2O3. The molecule has 1 aromatic rings. The molecule has 0 aliphatic carbocycles. The second-order valence-electron chi connectivity index (χ2n) is 3.59. The Morgan fingerprint density at radius 3 is 2.89 bits per heavy atom. The fraction of sp³-hybridized carbons (Fsp3) is 0.308. The van der Waals surface area contributed by atoms with Crippen LogP contribution < -0.4 is 10.6 Å². The summed E-state index contributed by atoms with van der Waals surface area (Å²) in [7, 11) is 0. The quantitative estimate of drug-likeness (QED) is 0.667. The molecule has 0 saturated carbocycles. The number of carbonyl (C=O) groups is 1. The Bertz CT molecular complexity index is 424. The first-order valence-corrected chi connectivity index (χ1v) is 6.67. The second-order valence-corrected chi connectivity index (χ2v) is 4.45. The Kier molecular flexibility index (Phi) is 7.88. The van der Waals surface area contributed by atoms with E-state index in [1.165, 1.54) is 0 Å². The van der Waals surface area contributed by atoms with Crippen LogP contribution in [0.25, 0.3) is 6.08 Å². The summed E-state index contributed by atoms with van der Waals surface area (Å²) in [6, 6.07) is 7.41. The summed E-state index contributed by atoms with van der Waals surface area (Å²) in [6.07, 6.45) is 3.37. The Labute approximate surface area is 120 Å². The largest absolute Gasteiger partial charge is 0.394 e. The second kappa shape index (κ2) is 9.55. The molecule has 1 aromatic carbocycles. The number of nitrogens with one attached hydrogen (secondary N) is 2. The van der Waals surface area contributed by atoms with Gasteiger partial charge in [0.1, 0.15) is 0 Å². The number of rotatable bonds is 7. The van der Waals surface area contributed by atoms with Gasteiger partial charge in [-0.1, -0.05) is 34.1 Å². The van der Waals surface area contributed by atoms with Gasteiger partial charge in [-0.25, -0.2) is 4.79 Å². The summed E-state index contributed by atoms with van der Waals surface area (Å²) in [6.45, 7) is 1.04. The zero-order chi connectivity index (χ0) is 13.9. The van der Waals surface area contributed by atoms with E-state index in [1.54, 1.807) is 12.3 Å². The number of hydrogen-bond acceptors (Lipinski definition) is 3. The predicted octanol–water partition coefficient (Wildman–Crippen LogP) is 1.73. The van der Waals surface area contributed by atoms with E-state index in [0.717, 1.165) is 10.0 Å². The molecule has 0 aliphatic rings. The number of amides is 2. The van der Waals surface area contributed by atoms with Crippen LogP contribution in [0.5, 0.6) is 0 Å². The lowest BCUT2D eigenvalue weighted by molar-refractivity contribution is 0.0948. The summed E-state index contributed by atoms with van der Waals surface area (Å²) >= 11 is 3.41. The number of aliphatic hydroxyl groups is 1. The fourth-order valence-corrected chi connectivity index (χ4v) is 1.69. The molecule has 5 nitrogen and oxygen atoms in total. The normalized spacial score (nSPS) is 10.6. The van der Waals surface area contributed by atoms with Gasteiger partial charge in [-0.15, -0.1) is 0 Å². The van der Waals surface area contributed by atoms with E-state index in [1.807, 2.05) is 24.3 Å². The van der Waals surface area contributed by atoms with Gasteiger partial charge in [0.05, 0.1) is 19.8 Å². The van der Waals surface area contributed by atoms with Crippen LogP contribution in [0.1, 0.15) is 5.56 Å². The zero-order valence-corrected chi connectivity index (χ0v) is 12.0. The Balaban J connectivity index is 2.21. The summed E-state index contributed by atoms with van der Waals surface area (Å²) < 4.78 is 5.97. The van der Waals surface area contributed by atoms with Crippen molar-refractivity contribution in [3.8, 4) is 0 Å². The highest BCUT2D eigenvalue weighted by molar-refractivity contribution is 9.10. The highest BCUT2D eigenvalue weighted by Gasteiger charge is 1.96. The molecule has 0 aliphatic heterocycles.